The fourth-order valence-electron chi connectivity index (χ4n) is 4.48. The summed E-state index contributed by atoms with van der Waals surface area (Å²) < 4.78 is 39.2. The summed E-state index contributed by atoms with van der Waals surface area (Å²) in [5.74, 6) is 0.495. The molecule has 1 fully saturated rings. The van der Waals surface area contributed by atoms with Crippen LogP contribution in [-0.2, 0) is 6.18 Å². The summed E-state index contributed by atoms with van der Waals surface area (Å²) in [4.78, 5) is 9.19. The van der Waals surface area contributed by atoms with E-state index in [9.17, 15) is 13.2 Å². The van der Waals surface area contributed by atoms with Crippen LogP contribution in [0.2, 0.25) is 0 Å². The van der Waals surface area contributed by atoms with Crippen molar-refractivity contribution in [1.82, 2.24) is 14.9 Å². The lowest BCUT2D eigenvalue weighted by Crippen LogP contribution is -2.40. The minimum atomic E-state index is -4.46. The molecule has 1 saturated heterocycles. The van der Waals surface area contributed by atoms with Gasteiger partial charge in [0.25, 0.3) is 0 Å². The molecule has 4 rings (SSSR count). The molecule has 0 saturated carbocycles. The Morgan fingerprint density at radius 3 is 2.60 bits per heavy atom. The number of hydrogen-bond donors (Lipinski definition) is 2. The normalized spacial score (nSPS) is 17.5. The maximum atomic E-state index is 13.1. The van der Waals surface area contributed by atoms with Crippen LogP contribution < -0.4 is 5.73 Å². The lowest BCUT2D eigenvalue weighted by molar-refractivity contribution is -0.141. The van der Waals surface area contributed by atoms with Crippen molar-refractivity contribution in [3.63, 3.8) is 0 Å². The first-order valence-corrected chi connectivity index (χ1v) is 10.4. The number of aromatic nitrogens is 2. The summed E-state index contributed by atoms with van der Waals surface area (Å²) in [6.45, 7) is 7.00. The molecule has 0 bridgehead atoms. The largest absolute Gasteiger partial charge is 0.433 e. The zero-order chi connectivity index (χ0) is 21.5. The van der Waals surface area contributed by atoms with Gasteiger partial charge >= 0.3 is 6.18 Å². The van der Waals surface area contributed by atoms with Gasteiger partial charge in [-0.25, -0.2) is 0 Å². The molecule has 160 valence electrons. The number of likely N-dealkylation sites (tertiary alicyclic amines) is 1. The van der Waals surface area contributed by atoms with Gasteiger partial charge in [-0.2, -0.15) is 13.2 Å². The first kappa shape index (κ1) is 20.9. The number of H-pyrrole nitrogens is 1. The molecule has 7 heteroatoms. The lowest BCUT2D eigenvalue weighted by atomic mass is 9.88. The fraction of sp³-hybridized carbons (Fsp3) is 0.435. The molecule has 1 aromatic carbocycles. The Hall–Kier alpha value is -2.38. The van der Waals surface area contributed by atoms with Crippen LogP contribution in [0.3, 0.4) is 0 Å². The summed E-state index contributed by atoms with van der Waals surface area (Å²) >= 11 is 0. The van der Waals surface area contributed by atoms with Crippen molar-refractivity contribution in [2.24, 2.45) is 5.73 Å². The van der Waals surface area contributed by atoms with Crippen molar-refractivity contribution in [3.05, 3.63) is 53.3 Å². The zero-order valence-electron chi connectivity index (χ0n) is 17.3. The number of pyridine rings is 1. The van der Waals surface area contributed by atoms with E-state index in [-0.39, 0.29) is 6.04 Å². The molecular weight excluding hydrogens is 389 g/mol. The van der Waals surface area contributed by atoms with E-state index in [2.05, 4.69) is 27.0 Å². The van der Waals surface area contributed by atoms with Gasteiger partial charge in [0.15, 0.2) is 0 Å². The molecule has 0 spiro atoms. The second kappa shape index (κ2) is 8.04. The minimum Gasteiger partial charge on any atom is -0.354 e. The average Bonchev–Trinajstić information content (AvgIpc) is 3.04. The SMILES string of the molecule is Cc1c(-c2ccnc(C(F)(F)F)c2)[nH]c2ccc(C3CCN(CC(C)N)CC3)cc12. The smallest absolute Gasteiger partial charge is 0.354 e. The average molecular weight is 416 g/mol. The molecule has 3 heterocycles. The molecule has 4 nitrogen and oxygen atoms in total. The van der Waals surface area contributed by atoms with Crippen LogP contribution in [0.25, 0.3) is 22.2 Å². The standard InChI is InChI=1S/C23H27F3N4/c1-14(27)13-30-9-6-16(7-10-30)17-3-4-20-19(11-17)15(2)22(29-20)18-5-8-28-21(12-18)23(24,25)26/h3-5,8,11-12,14,16,29H,6-7,9-10,13,27H2,1-2H3. The van der Waals surface area contributed by atoms with Gasteiger partial charge in [-0.05, 0) is 81.1 Å². The third-order valence-electron chi connectivity index (χ3n) is 6.03. The number of halogens is 3. The predicted octanol–water partition coefficient (Wildman–Crippen LogP) is 5.08. The molecular formula is C23H27F3N4. The van der Waals surface area contributed by atoms with Crippen molar-refractivity contribution in [2.75, 3.05) is 19.6 Å². The van der Waals surface area contributed by atoms with Gasteiger partial charge in [-0.1, -0.05) is 6.07 Å². The van der Waals surface area contributed by atoms with E-state index >= 15 is 0 Å². The second-order valence-corrected chi connectivity index (χ2v) is 8.41. The maximum Gasteiger partial charge on any atom is 0.433 e. The van der Waals surface area contributed by atoms with Crippen LogP contribution in [0.5, 0.6) is 0 Å². The highest BCUT2D eigenvalue weighted by Crippen LogP contribution is 2.36. The summed E-state index contributed by atoms with van der Waals surface area (Å²) in [7, 11) is 0. The molecule has 3 N–H and O–H groups in total. The number of nitrogens with zero attached hydrogens (tertiary/aromatic N) is 2. The number of rotatable bonds is 4. The molecule has 1 aliphatic heterocycles. The molecule has 1 atom stereocenters. The van der Waals surface area contributed by atoms with Crippen LogP contribution in [0.15, 0.2) is 36.5 Å². The Morgan fingerprint density at radius 1 is 1.20 bits per heavy atom. The summed E-state index contributed by atoms with van der Waals surface area (Å²) in [6, 6.07) is 9.28. The van der Waals surface area contributed by atoms with E-state index in [1.54, 1.807) is 6.07 Å². The Bertz CT molecular complexity index is 1030. The molecule has 0 radical (unpaired) electrons. The number of piperidine rings is 1. The molecule has 1 unspecified atom stereocenters. The number of aryl methyl sites for hydroxylation is 1. The predicted molar refractivity (Wildman–Crippen MR) is 113 cm³/mol. The van der Waals surface area contributed by atoms with Crippen LogP contribution in [0.4, 0.5) is 13.2 Å². The number of alkyl halides is 3. The van der Waals surface area contributed by atoms with E-state index in [1.807, 2.05) is 19.9 Å². The molecule has 0 amide bonds. The quantitative estimate of drug-likeness (QED) is 0.623. The van der Waals surface area contributed by atoms with Gasteiger partial charge in [0.2, 0.25) is 0 Å². The topological polar surface area (TPSA) is 57.9 Å². The van der Waals surface area contributed by atoms with E-state index in [0.717, 1.165) is 55.0 Å². The second-order valence-electron chi connectivity index (χ2n) is 8.41. The first-order valence-electron chi connectivity index (χ1n) is 10.4. The molecule has 30 heavy (non-hydrogen) atoms. The van der Waals surface area contributed by atoms with Gasteiger partial charge in [0, 0.05) is 40.9 Å². The van der Waals surface area contributed by atoms with Crippen LogP contribution in [-0.4, -0.2) is 40.5 Å². The van der Waals surface area contributed by atoms with Crippen LogP contribution >= 0.6 is 0 Å². The number of nitrogens with one attached hydrogen (secondary N) is 1. The van der Waals surface area contributed by atoms with E-state index in [1.165, 1.54) is 11.8 Å². The highest BCUT2D eigenvalue weighted by atomic mass is 19.4. The number of nitrogens with two attached hydrogens (primary N) is 1. The molecule has 0 aliphatic carbocycles. The third kappa shape index (κ3) is 4.23. The Labute approximate surface area is 174 Å². The number of benzene rings is 1. The summed E-state index contributed by atoms with van der Waals surface area (Å²) in [5, 5.41) is 1.06. The van der Waals surface area contributed by atoms with Crippen LogP contribution in [0, 0.1) is 6.92 Å². The van der Waals surface area contributed by atoms with E-state index in [0.29, 0.717) is 17.2 Å². The van der Waals surface area contributed by atoms with E-state index in [4.69, 9.17) is 5.73 Å². The minimum absolute atomic E-state index is 0.185. The lowest BCUT2D eigenvalue weighted by Gasteiger charge is -2.33. The Kier molecular flexibility index (Phi) is 5.59. The maximum absolute atomic E-state index is 13.1. The molecule has 1 aliphatic rings. The van der Waals surface area contributed by atoms with Gasteiger partial charge in [0.1, 0.15) is 5.69 Å². The number of fused-ring (bicyclic) bond motifs is 1. The van der Waals surface area contributed by atoms with Crippen LogP contribution in [0.1, 0.15) is 42.5 Å². The van der Waals surface area contributed by atoms with Crippen molar-refractivity contribution < 1.29 is 13.2 Å². The number of aromatic amines is 1. The Morgan fingerprint density at radius 2 is 1.93 bits per heavy atom. The highest BCUT2D eigenvalue weighted by Gasteiger charge is 2.32. The van der Waals surface area contributed by atoms with Gasteiger partial charge in [-0.3, -0.25) is 4.98 Å². The zero-order valence-corrected chi connectivity index (χ0v) is 17.3. The van der Waals surface area contributed by atoms with Gasteiger partial charge in [-0.15, -0.1) is 0 Å². The van der Waals surface area contributed by atoms with Crippen molar-refractivity contribution in [2.45, 2.75) is 44.8 Å². The van der Waals surface area contributed by atoms with Crippen molar-refractivity contribution in [3.8, 4) is 11.3 Å². The first-order chi connectivity index (χ1) is 14.2. The van der Waals surface area contributed by atoms with E-state index < -0.39 is 11.9 Å². The number of hydrogen-bond acceptors (Lipinski definition) is 3. The molecule has 2 aromatic heterocycles. The molecule has 3 aromatic rings. The van der Waals surface area contributed by atoms with Gasteiger partial charge < -0.3 is 15.6 Å². The monoisotopic (exact) mass is 416 g/mol. The van der Waals surface area contributed by atoms with Crippen molar-refractivity contribution in [1.29, 1.82) is 0 Å². The summed E-state index contributed by atoms with van der Waals surface area (Å²) in [6.07, 6.45) is -1.06. The summed E-state index contributed by atoms with van der Waals surface area (Å²) in [5.41, 5.74) is 9.44. The van der Waals surface area contributed by atoms with Gasteiger partial charge in [0.05, 0.1) is 0 Å². The fourth-order valence-corrected chi connectivity index (χ4v) is 4.48. The third-order valence-corrected chi connectivity index (χ3v) is 6.03. The van der Waals surface area contributed by atoms with Crippen molar-refractivity contribution >= 4 is 10.9 Å². The Balaban J connectivity index is 1.60. The highest BCUT2D eigenvalue weighted by molar-refractivity contribution is 5.91.